The van der Waals surface area contributed by atoms with Gasteiger partial charge in [0.25, 0.3) is 5.91 Å². The summed E-state index contributed by atoms with van der Waals surface area (Å²) in [5.41, 5.74) is 0.339. The number of amides is 1. The lowest BCUT2D eigenvalue weighted by atomic mass is 10.2. The smallest absolute Gasteiger partial charge is 0.354 e. The quantitative estimate of drug-likeness (QED) is 0.911. The van der Waals surface area contributed by atoms with Crippen LogP contribution in [0.4, 0.5) is 5.69 Å². The zero-order valence-electron chi connectivity index (χ0n) is 9.93. The maximum absolute atomic E-state index is 12.0. The summed E-state index contributed by atoms with van der Waals surface area (Å²) in [6.07, 6.45) is 1.29. The third-order valence-corrected chi connectivity index (χ3v) is 2.97. The van der Waals surface area contributed by atoms with Gasteiger partial charge in [-0.3, -0.25) is 4.79 Å². The Morgan fingerprint density at radius 3 is 2.60 bits per heavy atom. The fourth-order valence-electron chi connectivity index (χ4n) is 1.50. The first kappa shape index (κ1) is 14.3. The highest BCUT2D eigenvalue weighted by Crippen LogP contribution is 2.21. The Hall–Kier alpha value is -2.11. The van der Waals surface area contributed by atoms with E-state index >= 15 is 0 Å². The number of aromatic nitrogens is 1. The van der Waals surface area contributed by atoms with Crippen LogP contribution in [0.1, 0.15) is 20.8 Å². The van der Waals surface area contributed by atoms with E-state index in [1.54, 1.807) is 6.07 Å². The number of aromatic carboxylic acids is 1. The molecule has 0 aliphatic carbocycles. The molecular formula is C13H8Cl2N2O3. The number of carbonyl (C=O) groups is 2. The number of hydrogen-bond acceptors (Lipinski definition) is 3. The number of rotatable bonds is 3. The van der Waals surface area contributed by atoms with E-state index in [2.05, 4.69) is 10.3 Å². The van der Waals surface area contributed by atoms with Crippen molar-refractivity contribution < 1.29 is 14.7 Å². The summed E-state index contributed by atoms with van der Waals surface area (Å²) < 4.78 is 0. The molecule has 2 rings (SSSR count). The lowest BCUT2D eigenvalue weighted by Gasteiger charge is -2.07. The van der Waals surface area contributed by atoms with Gasteiger partial charge >= 0.3 is 5.97 Å². The van der Waals surface area contributed by atoms with E-state index in [1.807, 2.05) is 0 Å². The van der Waals surface area contributed by atoms with Crippen molar-refractivity contribution in [2.45, 2.75) is 0 Å². The van der Waals surface area contributed by atoms with Gasteiger partial charge in [-0.2, -0.15) is 0 Å². The molecule has 20 heavy (non-hydrogen) atoms. The van der Waals surface area contributed by atoms with E-state index in [0.29, 0.717) is 10.7 Å². The highest BCUT2D eigenvalue weighted by molar-refractivity contribution is 6.36. The normalized spacial score (nSPS) is 10.1. The molecule has 2 aromatic rings. The second-order valence-corrected chi connectivity index (χ2v) is 4.66. The molecule has 0 atom stereocenters. The van der Waals surface area contributed by atoms with Crippen LogP contribution in [0.15, 0.2) is 36.5 Å². The van der Waals surface area contributed by atoms with Gasteiger partial charge in [-0.15, -0.1) is 0 Å². The van der Waals surface area contributed by atoms with Gasteiger partial charge in [-0.1, -0.05) is 23.2 Å². The van der Waals surface area contributed by atoms with E-state index in [1.165, 1.54) is 30.5 Å². The largest absolute Gasteiger partial charge is 0.477 e. The van der Waals surface area contributed by atoms with Crippen molar-refractivity contribution in [1.82, 2.24) is 4.98 Å². The molecule has 0 spiro atoms. The van der Waals surface area contributed by atoms with Crippen molar-refractivity contribution in [2.24, 2.45) is 0 Å². The van der Waals surface area contributed by atoms with Gasteiger partial charge in [-0.25, -0.2) is 9.78 Å². The Balaban J connectivity index is 2.25. The van der Waals surface area contributed by atoms with Crippen LogP contribution >= 0.6 is 23.2 Å². The number of carboxylic acids is 1. The Labute approximate surface area is 124 Å². The van der Waals surface area contributed by atoms with Crippen molar-refractivity contribution in [2.75, 3.05) is 5.32 Å². The molecule has 0 unspecified atom stereocenters. The van der Waals surface area contributed by atoms with Crippen LogP contribution in [0.25, 0.3) is 0 Å². The summed E-state index contributed by atoms with van der Waals surface area (Å²) >= 11 is 11.7. The average molecular weight is 311 g/mol. The van der Waals surface area contributed by atoms with Crippen LogP contribution in [-0.2, 0) is 0 Å². The molecule has 0 saturated heterocycles. The Morgan fingerprint density at radius 1 is 1.15 bits per heavy atom. The molecule has 5 nitrogen and oxygen atoms in total. The van der Waals surface area contributed by atoms with Crippen LogP contribution in [0.5, 0.6) is 0 Å². The Morgan fingerprint density at radius 2 is 1.90 bits per heavy atom. The zero-order valence-corrected chi connectivity index (χ0v) is 11.4. The predicted molar refractivity (Wildman–Crippen MR) is 75.6 cm³/mol. The number of nitrogens with one attached hydrogen (secondary N) is 1. The second-order valence-electron chi connectivity index (χ2n) is 3.81. The lowest BCUT2D eigenvalue weighted by Crippen LogP contribution is -2.13. The minimum absolute atomic E-state index is 0.167. The number of anilines is 1. The second kappa shape index (κ2) is 5.90. The van der Waals surface area contributed by atoms with Crippen molar-refractivity contribution >= 4 is 40.8 Å². The van der Waals surface area contributed by atoms with Crippen LogP contribution in [-0.4, -0.2) is 22.0 Å². The fourth-order valence-corrected chi connectivity index (χ4v) is 1.87. The molecule has 2 N–H and O–H groups in total. The summed E-state index contributed by atoms with van der Waals surface area (Å²) in [4.78, 5) is 26.5. The van der Waals surface area contributed by atoms with Crippen molar-refractivity contribution in [3.8, 4) is 0 Å². The molecule has 0 aliphatic rings. The number of hydrogen-bond donors (Lipinski definition) is 2. The molecule has 0 fully saturated rings. The van der Waals surface area contributed by atoms with E-state index in [-0.39, 0.29) is 16.3 Å². The van der Waals surface area contributed by atoms with E-state index in [0.717, 1.165) is 0 Å². The number of benzene rings is 1. The molecule has 7 heteroatoms. The summed E-state index contributed by atoms with van der Waals surface area (Å²) in [5.74, 6) is -1.66. The topological polar surface area (TPSA) is 79.3 Å². The highest BCUT2D eigenvalue weighted by atomic mass is 35.5. The number of pyridine rings is 1. The monoisotopic (exact) mass is 310 g/mol. The summed E-state index contributed by atoms with van der Waals surface area (Å²) in [7, 11) is 0. The predicted octanol–water partition coefficient (Wildman–Crippen LogP) is 3.34. The minimum atomic E-state index is -1.18. The zero-order chi connectivity index (χ0) is 14.7. The fraction of sp³-hybridized carbons (Fsp3) is 0. The number of halogens is 2. The molecule has 0 bridgehead atoms. The van der Waals surface area contributed by atoms with Gasteiger partial charge in [-0.05, 0) is 30.3 Å². The van der Waals surface area contributed by atoms with Crippen LogP contribution < -0.4 is 5.32 Å². The molecule has 0 aliphatic heterocycles. The van der Waals surface area contributed by atoms with Crippen molar-refractivity contribution in [3.05, 3.63) is 57.8 Å². The number of carbonyl (C=O) groups excluding carboxylic acids is 1. The molecule has 1 aromatic heterocycles. The van der Waals surface area contributed by atoms with Gasteiger partial charge in [0.15, 0.2) is 0 Å². The maximum atomic E-state index is 12.0. The third-order valence-electron chi connectivity index (χ3n) is 2.41. The molecule has 1 aromatic carbocycles. The van der Waals surface area contributed by atoms with Crippen LogP contribution in [0.3, 0.4) is 0 Å². The molecule has 1 heterocycles. The Kier molecular flexibility index (Phi) is 4.22. The van der Waals surface area contributed by atoms with Gasteiger partial charge in [0.05, 0.1) is 10.6 Å². The van der Waals surface area contributed by atoms with E-state index < -0.39 is 11.9 Å². The standard InChI is InChI=1S/C13H8Cl2N2O3/c14-7-1-2-10(15)9(5-7)12(18)17-8-3-4-16-11(6-8)13(19)20/h1-6H,(H,19,20)(H,16,17,18). The summed E-state index contributed by atoms with van der Waals surface area (Å²) in [6, 6.07) is 7.23. The van der Waals surface area contributed by atoms with Crippen LogP contribution in [0, 0.1) is 0 Å². The van der Waals surface area contributed by atoms with Gasteiger partial charge in [0.1, 0.15) is 5.69 Å². The van der Waals surface area contributed by atoms with Gasteiger partial charge in [0.2, 0.25) is 0 Å². The first-order valence-corrected chi connectivity index (χ1v) is 6.18. The molecular weight excluding hydrogens is 303 g/mol. The number of nitrogens with zero attached hydrogens (tertiary/aromatic N) is 1. The molecule has 1 amide bonds. The Bertz CT molecular complexity index is 689. The SMILES string of the molecule is O=C(O)c1cc(NC(=O)c2cc(Cl)ccc2Cl)ccn1. The van der Waals surface area contributed by atoms with Gasteiger partial charge < -0.3 is 10.4 Å². The molecule has 0 saturated carbocycles. The average Bonchev–Trinajstić information content (AvgIpc) is 2.41. The number of carboxylic acid groups (broad SMARTS) is 1. The lowest BCUT2D eigenvalue weighted by molar-refractivity contribution is 0.0690. The maximum Gasteiger partial charge on any atom is 0.354 e. The van der Waals surface area contributed by atoms with Crippen LogP contribution in [0.2, 0.25) is 10.0 Å². The minimum Gasteiger partial charge on any atom is -0.477 e. The highest BCUT2D eigenvalue weighted by Gasteiger charge is 2.12. The molecule has 102 valence electrons. The summed E-state index contributed by atoms with van der Waals surface area (Å²) in [6.45, 7) is 0. The van der Waals surface area contributed by atoms with E-state index in [4.69, 9.17) is 28.3 Å². The first-order valence-electron chi connectivity index (χ1n) is 5.43. The molecule has 0 radical (unpaired) electrons. The third kappa shape index (κ3) is 3.26. The van der Waals surface area contributed by atoms with Gasteiger partial charge in [0, 0.05) is 16.9 Å². The van der Waals surface area contributed by atoms with Crippen molar-refractivity contribution in [1.29, 1.82) is 0 Å². The summed E-state index contributed by atoms with van der Waals surface area (Å²) in [5, 5.41) is 12.0. The van der Waals surface area contributed by atoms with E-state index in [9.17, 15) is 9.59 Å². The van der Waals surface area contributed by atoms with Crippen molar-refractivity contribution in [3.63, 3.8) is 0 Å². The first-order chi connectivity index (χ1) is 9.47.